The van der Waals surface area contributed by atoms with Gasteiger partial charge < -0.3 is 10.6 Å². The molecule has 1 aliphatic rings. The third-order valence-corrected chi connectivity index (χ3v) is 7.90. The molecule has 1 saturated carbocycles. The van der Waals surface area contributed by atoms with Crippen molar-refractivity contribution in [2.75, 3.05) is 23.7 Å². The zero-order chi connectivity index (χ0) is 22.8. The minimum Gasteiger partial charge on any atom is -0.326 e. The summed E-state index contributed by atoms with van der Waals surface area (Å²) < 4.78 is 26.9. The number of amides is 2. The lowest BCUT2D eigenvalue weighted by Gasteiger charge is -2.19. The summed E-state index contributed by atoms with van der Waals surface area (Å²) in [5, 5.41) is 5.64. The highest BCUT2D eigenvalue weighted by Crippen LogP contribution is 2.38. The van der Waals surface area contributed by atoms with Crippen LogP contribution in [0.2, 0.25) is 5.02 Å². The maximum atomic E-state index is 12.8. The molecular weight excluding hydrogens is 438 g/mol. The Balaban J connectivity index is 1.72. The average Bonchev–Trinajstić information content (AvgIpc) is 3.47. The van der Waals surface area contributed by atoms with Gasteiger partial charge in [-0.3, -0.25) is 9.59 Å². The molecule has 9 heteroatoms. The third kappa shape index (κ3) is 5.26. The van der Waals surface area contributed by atoms with Crippen molar-refractivity contribution in [1.29, 1.82) is 0 Å². The maximum Gasteiger partial charge on any atom is 0.255 e. The Morgan fingerprint density at radius 1 is 1.03 bits per heavy atom. The van der Waals surface area contributed by atoms with E-state index in [-0.39, 0.29) is 21.7 Å². The van der Waals surface area contributed by atoms with Gasteiger partial charge in [-0.2, -0.15) is 4.31 Å². The highest BCUT2D eigenvalue weighted by molar-refractivity contribution is 7.89. The molecule has 7 nitrogen and oxygen atoms in total. The summed E-state index contributed by atoms with van der Waals surface area (Å²) in [5.41, 5.74) is 1.32. The fraction of sp³-hybridized carbons (Fsp3) is 0.364. The number of halogens is 1. The number of nitrogens with one attached hydrogen (secondary N) is 2. The Morgan fingerprint density at radius 2 is 1.61 bits per heavy atom. The van der Waals surface area contributed by atoms with Crippen molar-refractivity contribution >= 4 is 44.8 Å². The van der Waals surface area contributed by atoms with E-state index in [4.69, 9.17) is 11.6 Å². The molecule has 0 heterocycles. The molecule has 0 saturated heterocycles. The summed E-state index contributed by atoms with van der Waals surface area (Å²) >= 11 is 6.13. The van der Waals surface area contributed by atoms with Crippen LogP contribution >= 0.6 is 11.6 Å². The van der Waals surface area contributed by atoms with Crippen LogP contribution in [0.3, 0.4) is 0 Å². The lowest BCUT2D eigenvalue weighted by atomic mass is 10.2. The summed E-state index contributed by atoms with van der Waals surface area (Å²) in [4.78, 5) is 24.6. The number of carbonyl (C=O) groups is 2. The number of benzene rings is 2. The predicted octanol–water partition coefficient (Wildman–Crippen LogP) is 4.22. The van der Waals surface area contributed by atoms with E-state index in [0.29, 0.717) is 35.9 Å². The van der Waals surface area contributed by atoms with Crippen molar-refractivity contribution in [3.05, 3.63) is 53.1 Å². The molecule has 3 rings (SSSR count). The van der Waals surface area contributed by atoms with E-state index in [1.54, 1.807) is 44.2 Å². The third-order valence-electron chi connectivity index (χ3n) is 5.37. The number of anilines is 2. The van der Waals surface area contributed by atoms with Crippen LogP contribution < -0.4 is 10.6 Å². The number of rotatable bonds is 8. The molecule has 0 aliphatic heterocycles. The fourth-order valence-electron chi connectivity index (χ4n) is 3.31. The molecule has 2 N–H and O–H groups in total. The van der Waals surface area contributed by atoms with Crippen molar-refractivity contribution in [2.45, 2.75) is 32.1 Å². The van der Waals surface area contributed by atoms with Gasteiger partial charge in [-0.15, -0.1) is 0 Å². The zero-order valence-electron chi connectivity index (χ0n) is 17.7. The van der Waals surface area contributed by atoms with Gasteiger partial charge in [0.05, 0.1) is 5.02 Å². The number of nitrogens with zero attached hydrogens (tertiary/aromatic N) is 1. The van der Waals surface area contributed by atoms with Gasteiger partial charge in [-0.1, -0.05) is 32.4 Å². The molecule has 31 heavy (non-hydrogen) atoms. The number of hydrogen-bond donors (Lipinski definition) is 2. The number of hydrogen-bond acceptors (Lipinski definition) is 4. The first-order valence-corrected chi connectivity index (χ1v) is 12.0. The molecule has 1 aliphatic carbocycles. The summed E-state index contributed by atoms with van der Waals surface area (Å²) in [6, 6.07) is 10.9. The van der Waals surface area contributed by atoms with Gasteiger partial charge in [0.15, 0.2) is 0 Å². The average molecular weight is 464 g/mol. The first-order chi connectivity index (χ1) is 14.7. The van der Waals surface area contributed by atoms with E-state index in [1.165, 1.54) is 16.4 Å². The molecule has 166 valence electrons. The van der Waals surface area contributed by atoms with Gasteiger partial charge in [0.1, 0.15) is 4.90 Å². The van der Waals surface area contributed by atoms with Gasteiger partial charge in [0.25, 0.3) is 5.91 Å². The number of carbonyl (C=O) groups excluding carboxylic acids is 2. The van der Waals surface area contributed by atoms with Crippen LogP contribution in [-0.4, -0.2) is 37.6 Å². The van der Waals surface area contributed by atoms with Crippen LogP contribution in [0, 0.1) is 11.8 Å². The fourth-order valence-corrected chi connectivity index (χ4v) is 5.27. The molecule has 0 aromatic heterocycles. The van der Waals surface area contributed by atoms with Crippen molar-refractivity contribution in [3.8, 4) is 0 Å². The normalized spacial score (nSPS) is 18.0. The second-order valence-electron chi connectivity index (χ2n) is 7.57. The standard InChI is InChI=1S/C22H26ClN3O4S/c1-4-26(5-2)31(29,30)20-13-17(10-11-19(20)23)25-21(27)15-6-8-16(9-7-15)24-22(28)18-12-14(18)3/h6-11,13-14,18H,4-5,12H2,1-3H3,(H,24,28)(H,25,27). The molecule has 2 atom stereocenters. The van der Waals surface area contributed by atoms with E-state index >= 15 is 0 Å². The van der Waals surface area contributed by atoms with Crippen molar-refractivity contribution < 1.29 is 18.0 Å². The van der Waals surface area contributed by atoms with Crippen LogP contribution in [0.4, 0.5) is 11.4 Å². The minimum absolute atomic E-state index is 0.00666. The molecule has 1 fully saturated rings. The first kappa shape index (κ1) is 23.2. The maximum absolute atomic E-state index is 12.8. The first-order valence-electron chi connectivity index (χ1n) is 10.2. The highest BCUT2D eigenvalue weighted by atomic mass is 35.5. The zero-order valence-corrected chi connectivity index (χ0v) is 19.3. The molecule has 2 amide bonds. The second kappa shape index (κ2) is 9.38. The summed E-state index contributed by atoms with van der Waals surface area (Å²) in [7, 11) is -3.77. The van der Waals surface area contributed by atoms with E-state index in [0.717, 1.165) is 6.42 Å². The van der Waals surface area contributed by atoms with Crippen LogP contribution in [0.5, 0.6) is 0 Å². The molecule has 0 radical (unpaired) electrons. The summed E-state index contributed by atoms with van der Waals surface area (Å²) in [6.07, 6.45) is 0.902. The Morgan fingerprint density at radius 3 is 2.16 bits per heavy atom. The Hall–Kier alpha value is -2.42. The lowest BCUT2D eigenvalue weighted by molar-refractivity contribution is -0.117. The topological polar surface area (TPSA) is 95.6 Å². The summed E-state index contributed by atoms with van der Waals surface area (Å²) in [5.74, 6) is 0.0737. The van der Waals surface area contributed by atoms with E-state index in [1.807, 2.05) is 6.92 Å². The molecule has 2 unspecified atom stereocenters. The second-order valence-corrected chi connectivity index (χ2v) is 9.89. The SMILES string of the molecule is CCN(CC)S(=O)(=O)c1cc(NC(=O)c2ccc(NC(=O)C3CC3C)cc2)ccc1Cl. The summed E-state index contributed by atoms with van der Waals surface area (Å²) in [6.45, 7) is 6.16. The predicted molar refractivity (Wildman–Crippen MR) is 122 cm³/mol. The molecule has 2 aromatic carbocycles. The van der Waals surface area contributed by atoms with Gasteiger partial charge in [0.2, 0.25) is 15.9 Å². The van der Waals surface area contributed by atoms with E-state index < -0.39 is 15.9 Å². The van der Waals surface area contributed by atoms with E-state index in [9.17, 15) is 18.0 Å². The molecule has 2 aromatic rings. The van der Waals surface area contributed by atoms with Crippen molar-refractivity contribution in [1.82, 2.24) is 4.31 Å². The molecular formula is C22H26ClN3O4S. The van der Waals surface area contributed by atoms with Crippen LogP contribution in [0.1, 0.15) is 37.6 Å². The van der Waals surface area contributed by atoms with Gasteiger partial charge in [0, 0.05) is 35.9 Å². The van der Waals surface area contributed by atoms with Crippen LogP contribution in [0.25, 0.3) is 0 Å². The number of sulfonamides is 1. The molecule has 0 bridgehead atoms. The van der Waals surface area contributed by atoms with Gasteiger partial charge in [-0.05, 0) is 54.8 Å². The van der Waals surface area contributed by atoms with Crippen LogP contribution in [0.15, 0.2) is 47.4 Å². The minimum atomic E-state index is -3.77. The smallest absolute Gasteiger partial charge is 0.255 e. The van der Waals surface area contributed by atoms with Crippen LogP contribution in [-0.2, 0) is 14.8 Å². The lowest BCUT2D eigenvalue weighted by Crippen LogP contribution is -2.30. The van der Waals surface area contributed by atoms with Crippen molar-refractivity contribution in [3.63, 3.8) is 0 Å². The molecule has 0 spiro atoms. The van der Waals surface area contributed by atoms with E-state index in [2.05, 4.69) is 10.6 Å². The monoisotopic (exact) mass is 463 g/mol. The van der Waals surface area contributed by atoms with Crippen molar-refractivity contribution in [2.24, 2.45) is 11.8 Å². The largest absolute Gasteiger partial charge is 0.326 e. The highest BCUT2D eigenvalue weighted by Gasteiger charge is 2.39. The quantitative estimate of drug-likeness (QED) is 0.612. The Labute approximate surface area is 187 Å². The van der Waals surface area contributed by atoms with Gasteiger partial charge >= 0.3 is 0 Å². The Kier molecular flexibility index (Phi) is 7.03. The Bertz CT molecular complexity index is 1080. The van der Waals surface area contributed by atoms with Gasteiger partial charge in [-0.25, -0.2) is 8.42 Å².